The van der Waals surface area contributed by atoms with Gasteiger partial charge in [0, 0.05) is 49.7 Å². The highest BCUT2D eigenvalue weighted by Gasteiger charge is 2.19. The number of nitrogens with two attached hydrogens (primary N) is 1. The monoisotopic (exact) mass is 300 g/mol. The van der Waals surface area contributed by atoms with Crippen LogP contribution in [0.25, 0.3) is 11.1 Å². The Bertz CT molecular complexity index is 642. The molecule has 3 rings (SSSR count). The molecule has 0 spiro atoms. The Balaban J connectivity index is 1.64. The van der Waals surface area contributed by atoms with Crippen LogP contribution >= 0.6 is 0 Å². The molecule has 2 N–H and O–H groups in total. The summed E-state index contributed by atoms with van der Waals surface area (Å²) in [6, 6.07) is 3.65. The summed E-state index contributed by atoms with van der Waals surface area (Å²) >= 11 is 0. The molecule has 1 amide bonds. The first-order valence-electron chi connectivity index (χ1n) is 7.32. The number of carbonyl (C=O) groups is 1. The Hall–Kier alpha value is -2.41. The zero-order valence-corrected chi connectivity index (χ0v) is 12.6. The second-order valence-electron chi connectivity index (χ2n) is 5.58. The van der Waals surface area contributed by atoms with E-state index in [1.165, 1.54) is 0 Å². The van der Waals surface area contributed by atoms with E-state index in [1.54, 1.807) is 23.1 Å². The molecule has 0 atom stereocenters. The zero-order chi connectivity index (χ0) is 15.5. The number of amides is 1. The third-order valence-corrected chi connectivity index (χ3v) is 3.91. The molecule has 0 bridgehead atoms. The maximum atomic E-state index is 12.3. The minimum Gasteiger partial charge on any atom is -0.384 e. The largest absolute Gasteiger partial charge is 0.384 e. The lowest BCUT2D eigenvalue weighted by Crippen LogP contribution is -2.48. The number of nitrogen functional groups attached to an aromatic ring is 1. The highest BCUT2D eigenvalue weighted by molar-refractivity contribution is 5.76. The van der Waals surface area contributed by atoms with Gasteiger partial charge in [0.25, 0.3) is 0 Å². The van der Waals surface area contributed by atoms with Gasteiger partial charge in [0.15, 0.2) is 0 Å². The quantitative estimate of drug-likeness (QED) is 0.882. The maximum Gasteiger partial charge on any atom is 0.244 e. The smallest absolute Gasteiger partial charge is 0.244 e. The van der Waals surface area contributed by atoms with Crippen LogP contribution < -0.4 is 5.73 Å². The standard InChI is InChI=1S/C15H20N6O/c1-19-4-6-20(7-5-19)15(22)11-21-10-13(9-18-21)12-2-3-14(16)17-8-12/h2-3,8-10H,4-7,11H2,1H3,(H2,16,17). The van der Waals surface area contributed by atoms with Crippen LogP contribution in [-0.2, 0) is 11.3 Å². The molecule has 1 saturated heterocycles. The Morgan fingerprint density at radius 1 is 1.18 bits per heavy atom. The number of nitrogens with zero attached hydrogens (tertiary/aromatic N) is 5. The first-order valence-corrected chi connectivity index (χ1v) is 7.32. The number of hydrogen-bond acceptors (Lipinski definition) is 5. The van der Waals surface area contributed by atoms with Crippen molar-refractivity contribution in [2.75, 3.05) is 39.0 Å². The topological polar surface area (TPSA) is 80.3 Å². The van der Waals surface area contributed by atoms with Gasteiger partial charge in [0.2, 0.25) is 5.91 Å². The number of likely N-dealkylation sites (N-methyl/N-ethyl adjacent to an activating group) is 1. The van der Waals surface area contributed by atoms with Crippen molar-refractivity contribution in [2.45, 2.75) is 6.54 Å². The first kappa shape index (κ1) is 14.5. The fourth-order valence-electron chi connectivity index (χ4n) is 2.47. The van der Waals surface area contributed by atoms with Gasteiger partial charge < -0.3 is 15.5 Å². The lowest BCUT2D eigenvalue weighted by molar-refractivity contribution is -0.133. The molecule has 0 saturated carbocycles. The van der Waals surface area contributed by atoms with Gasteiger partial charge in [-0.15, -0.1) is 0 Å². The van der Waals surface area contributed by atoms with E-state index in [9.17, 15) is 4.79 Å². The molecule has 1 fully saturated rings. The maximum absolute atomic E-state index is 12.3. The first-order chi connectivity index (χ1) is 10.6. The Morgan fingerprint density at radius 3 is 2.64 bits per heavy atom. The van der Waals surface area contributed by atoms with Gasteiger partial charge in [-0.2, -0.15) is 5.10 Å². The number of aromatic nitrogens is 3. The summed E-state index contributed by atoms with van der Waals surface area (Å²) in [6.07, 6.45) is 5.31. The van der Waals surface area contributed by atoms with Gasteiger partial charge >= 0.3 is 0 Å². The van der Waals surface area contributed by atoms with Crippen LogP contribution in [0, 0.1) is 0 Å². The van der Waals surface area contributed by atoms with Crippen molar-refractivity contribution in [1.29, 1.82) is 0 Å². The summed E-state index contributed by atoms with van der Waals surface area (Å²) in [4.78, 5) is 20.5. The number of anilines is 1. The van der Waals surface area contributed by atoms with E-state index in [0.717, 1.165) is 37.3 Å². The van der Waals surface area contributed by atoms with Crippen LogP contribution in [0.4, 0.5) is 5.82 Å². The molecule has 1 aliphatic heterocycles. The van der Waals surface area contributed by atoms with Crippen molar-refractivity contribution >= 4 is 11.7 Å². The van der Waals surface area contributed by atoms with Gasteiger partial charge in [0.1, 0.15) is 12.4 Å². The lowest BCUT2D eigenvalue weighted by Gasteiger charge is -2.32. The number of pyridine rings is 1. The molecule has 7 nitrogen and oxygen atoms in total. The number of hydrogen-bond donors (Lipinski definition) is 1. The van der Waals surface area contributed by atoms with E-state index in [-0.39, 0.29) is 12.5 Å². The predicted molar refractivity (Wildman–Crippen MR) is 83.9 cm³/mol. The molecule has 0 radical (unpaired) electrons. The van der Waals surface area contributed by atoms with Crippen molar-refractivity contribution < 1.29 is 4.79 Å². The normalized spacial score (nSPS) is 16.0. The van der Waals surface area contributed by atoms with Crippen molar-refractivity contribution in [3.05, 3.63) is 30.7 Å². The summed E-state index contributed by atoms with van der Waals surface area (Å²) in [5.74, 6) is 0.597. The molecule has 116 valence electrons. The Kier molecular flexibility index (Phi) is 4.06. The molecule has 2 aromatic rings. The minimum absolute atomic E-state index is 0.109. The second-order valence-corrected chi connectivity index (χ2v) is 5.58. The van der Waals surface area contributed by atoms with E-state index >= 15 is 0 Å². The molecule has 3 heterocycles. The number of rotatable bonds is 3. The predicted octanol–water partition coefficient (Wildman–Crippen LogP) is 0.301. The molecule has 0 unspecified atom stereocenters. The molecular weight excluding hydrogens is 280 g/mol. The summed E-state index contributed by atoms with van der Waals surface area (Å²) in [5, 5.41) is 4.26. The van der Waals surface area contributed by atoms with Gasteiger partial charge in [-0.3, -0.25) is 9.48 Å². The highest BCUT2D eigenvalue weighted by Crippen LogP contribution is 2.18. The van der Waals surface area contributed by atoms with Gasteiger partial charge in [0.05, 0.1) is 6.20 Å². The summed E-state index contributed by atoms with van der Waals surface area (Å²) in [7, 11) is 2.07. The van der Waals surface area contributed by atoms with Crippen LogP contribution in [0.5, 0.6) is 0 Å². The van der Waals surface area contributed by atoms with E-state index in [4.69, 9.17) is 5.73 Å². The second kappa shape index (κ2) is 6.15. The third kappa shape index (κ3) is 3.25. The van der Waals surface area contributed by atoms with Crippen LogP contribution in [0.15, 0.2) is 30.7 Å². The fraction of sp³-hybridized carbons (Fsp3) is 0.400. The van der Waals surface area contributed by atoms with E-state index < -0.39 is 0 Å². The zero-order valence-electron chi connectivity index (χ0n) is 12.6. The highest BCUT2D eigenvalue weighted by atomic mass is 16.2. The molecule has 22 heavy (non-hydrogen) atoms. The molecule has 7 heteroatoms. The van der Waals surface area contributed by atoms with Crippen molar-refractivity contribution in [3.63, 3.8) is 0 Å². The van der Waals surface area contributed by atoms with Gasteiger partial charge in [-0.05, 0) is 19.2 Å². The molecule has 0 aromatic carbocycles. The van der Waals surface area contributed by atoms with Crippen LogP contribution in [0.2, 0.25) is 0 Å². The van der Waals surface area contributed by atoms with Crippen molar-refractivity contribution in [1.82, 2.24) is 24.6 Å². The average molecular weight is 300 g/mol. The average Bonchev–Trinajstić information content (AvgIpc) is 2.97. The molecule has 1 aliphatic rings. The number of piperazine rings is 1. The van der Waals surface area contributed by atoms with E-state index in [0.29, 0.717) is 5.82 Å². The molecular formula is C15H20N6O. The van der Waals surface area contributed by atoms with Gasteiger partial charge in [-0.1, -0.05) is 0 Å². The fourth-order valence-corrected chi connectivity index (χ4v) is 2.47. The van der Waals surface area contributed by atoms with Crippen molar-refractivity contribution in [3.8, 4) is 11.1 Å². The summed E-state index contributed by atoms with van der Waals surface area (Å²) < 4.78 is 1.67. The van der Waals surface area contributed by atoms with Crippen LogP contribution in [0.1, 0.15) is 0 Å². The third-order valence-electron chi connectivity index (χ3n) is 3.91. The minimum atomic E-state index is 0.109. The Morgan fingerprint density at radius 2 is 1.95 bits per heavy atom. The van der Waals surface area contributed by atoms with Gasteiger partial charge in [-0.25, -0.2) is 4.98 Å². The molecule has 2 aromatic heterocycles. The van der Waals surface area contributed by atoms with E-state index in [2.05, 4.69) is 22.0 Å². The van der Waals surface area contributed by atoms with E-state index in [1.807, 2.05) is 17.2 Å². The van der Waals surface area contributed by atoms with Crippen LogP contribution in [0.3, 0.4) is 0 Å². The Labute approximate surface area is 129 Å². The summed E-state index contributed by atoms with van der Waals surface area (Å²) in [6.45, 7) is 3.68. The number of carbonyl (C=O) groups excluding carboxylic acids is 1. The van der Waals surface area contributed by atoms with Crippen molar-refractivity contribution in [2.24, 2.45) is 0 Å². The lowest BCUT2D eigenvalue weighted by atomic mass is 10.2. The van der Waals surface area contributed by atoms with Crippen LogP contribution in [-0.4, -0.2) is 63.7 Å². The SMILES string of the molecule is CN1CCN(C(=O)Cn2cc(-c3ccc(N)nc3)cn2)CC1. The summed E-state index contributed by atoms with van der Waals surface area (Å²) in [5.41, 5.74) is 7.45. The molecule has 0 aliphatic carbocycles.